The zero-order valence-corrected chi connectivity index (χ0v) is 11.6. The number of carboxylic acid groups (broad SMARTS) is 1. The summed E-state index contributed by atoms with van der Waals surface area (Å²) in [6.45, 7) is 3.60. The van der Waals surface area contributed by atoms with Crippen LogP contribution in [0.3, 0.4) is 0 Å². The molecule has 0 atom stereocenters. The van der Waals surface area contributed by atoms with Gasteiger partial charge in [-0.2, -0.15) is 0 Å². The lowest BCUT2D eigenvalue weighted by molar-refractivity contribution is -0.148. The lowest BCUT2D eigenvalue weighted by atomic mass is 10.0. The molecule has 0 unspecified atom stereocenters. The largest absolute Gasteiger partial charge is 0.480 e. The Kier molecular flexibility index (Phi) is 4.27. The highest BCUT2D eigenvalue weighted by Gasteiger charge is 2.31. The molecule has 0 aliphatic heterocycles. The maximum Gasteiger partial charge on any atom is 0.323 e. The van der Waals surface area contributed by atoms with E-state index in [0.29, 0.717) is 11.0 Å². The Balaban J connectivity index is 2.88. The van der Waals surface area contributed by atoms with Crippen LogP contribution in [0.1, 0.15) is 19.4 Å². The quantitative estimate of drug-likeness (QED) is 0.930. The van der Waals surface area contributed by atoms with Gasteiger partial charge in [-0.05, 0) is 44.7 Å². The molecule has 0 aliphatic rings. The predicted octanol–water partition coefficient (Wildman–Crippen LogP) is 2.88. The molecule has 0 fully saturated rings. The van der Waals surface area contributed by atoms with Crippen LogP contribution >= 0.6 is 15.9 Å². The number of carbonyl (C=O) groups is 1. The number of benzene rings is 1. The average Bonchev–Trinajstić information content (AvgIpc) is 2.15. The second kappa shape index (κ2) is 5.14. The van der Waals surface area contributed by atoms with Gasteiger partial charge in [0.25, 0.3) is 0 Å². The molecule has 5 heteroatoms. The molecule has 0 heterocycles. The number of carboxylic acids is 1. The molecule has 0 aromatic heterocycles. The van der Waals surface area contributed by atoms with Crippen LogP contribution in [0.15, 0.2) is 22.7 Å². The van der Waals surface area contributed by atoms with Crippen LogP contribution in [0.2, 0.25) is 0 Å². The van der Waals surface area contributed by atoms with Crippen LogP contribution in [0, 0.1) is 5.82 Å². The molecule has 0 radical (unpaired) electrons. The number of nitrogens with zero attached hydrogens (tertiary/aromatic N) is 1. The zero-order valence-electron chi connectivity index (χ0n) is 10.00. The maximum absolute atomic E-state index is 13.2. The van der Waals surface area contributed by atoms with Crippen molar-refractivity contribution >= 4 is 21.9 Å². The van der Waals surface area contributed by atoms with Gasteiger partial charge in [0, 0.05) is 11.0 Å². The van der Waals surface area contributed by atoms with E-state index in [2.05, 4.69) is 15.9 Å². The number of halogens is 2. The zero-order chi connectivity index (χ0) is 13.2. The third-order valence-electron chi connectivity index (χ3n) is 2.82. The molecule has 0 spiro atoms. The molecule has 17 heavy (non-hydrogen) atoms. The van der Waals surface area contributed by atoms with Gasteiger partial charge in [0.15, 0.2) is 0 Å². The standard InChI is InChI=1S/C12H15BrFNO2/c1-12(2,11(16)17)15(3)7-8-4-9(13)6-10(14)5-8/h4-6H,7H2,1-3H3,(H,16,17). The maximum atomic E-state index is 13.2. The number of aliphatic carboxylic acids is 1. The molecule has 3 nitrogen and oxygen atoms in total. The van der Waals surface area contributed by atoms with E-state index < -0.39 is 11.5 Å². The van der Waals surface area contributed by atoms with E-state index in [1.54, 1.807) is 31.9 Å². The van der Waals surface area contributed by atoms with Crippen molar-refractivity contribution in [2.24, 2.45) is 0 Å². The van der Waals surface area contributed by atoms with Crippen LogP contribution in [0.25, 0.3) is 0 Å². The second-order valence-corrected chi connectivity index (χ2v) is 5.41. The van der Waals surface area contributed by atoms with Crippen molar-refractivity contribution in [1.82, 2.24) is 4.90 Å². The first-order chi connectivity index (χ1) is 7.73. The third-order valence-corrected chi connectivity index (χ3v) is 3.28. The molecule has 0 saturated heterocycles. The highest BCUT2D eigenvalue weighted by molar-refractivity contribution is 9.10. The number of rotatable bonds is 4. The lowest BCUT2D eigenvalue weighted by Gasteiger charge is -2.31. The normalized spacial score (nSPS) is 11.9. The van der Waals surface area contributed by atoms with E-state index in [1.165, 1.54) is 12.1 Å². The van der Waals surface area contributed by atoms with Gasteiger partial charge in [-0.15, -0.1) is 0 Å². The first-order valence-electron chi connectivity index (χ1n) is 5.13. The highest BCUT2D eigenvalue weighted by atomic mass is 79.9. The first-order valence-corrected chi connectivity index (χ1v) is 5.92. The third kappa shape index (κ3) is 3.51. The topological polar surface area (TPSA) is 40.5 Å². The first kappa shape index (κ1) is 14.1. The minimum atomic E-state index is -0.987. The molecule has 1 aromatic rings. The Labute approximate surface area is 108 Å². The smallest absolute Gasteiger partial charge is 0.323 e. The fraction of sp³-hybridized carbons (Fsp3) is 0.417. The molecule has 0 amide bonds. The Hall–Kier alpha value is -0.940. The summed E-state index contributed by atoms with van der Waals surface area (Å²) < 4.78 is 13.8. The fourth-order valence-electron chi connectivity index (χ4n) is 1.34. The van der Waals surface area contributed by atoms with Gasteiger partial charge in [-0.1, -0.05) is 15.9 Å². The van der Waals surface area contributed by atoms with Crippen molar-refractivity contribution < 1.29 is 14.3 Å². The summed E-state index contributed by atoms with van der Waals surface area (Å²) in [4.78, 5) is 12.7. The molecule has 1 rings (SSSR count). The minimum absolute atomic E-state index is 0.337. The van der Waals surface area contributed by atoms with Gasteiger partial charge in [0.2, 0.25) is 0 Å². The van der Waals surface area contributed by atoms with Crippen molar-refractivity contribution in [3.05, 3.63) is 34.1 Å². The van der Waals surface area contributed by atoms with E-state index in [4.69, 9.17) is 5.11 Å². The Morgan fingerprint density at radius 2 is 2.06 bits per heavy atom. The summed E-state index contributed by atoms with van der Waals surface area (Å²) >= 11 is 3.21. The highest BCUT2D eigenvalue weighted by Crippen LogP contribution is 2.20. The van der Waals surface area contributed by atoms with Crippen molar-refractivity contribution in [2.45, 2.75) is 25.9 Å². The summed E-state index contributed by atoms with van der Waals surface area (Å²) in [6, 6.07) is 4.54. The van der Waals surface area contributed by atoms with Crippen LogP contribution in [-0.2, 0) is 11.3 Å². The second-order valence-electron chi connectivity index (χ2n) is 4.50. The molecule has 1 aromatic carbocycles. The fourth-order valence-corrected chi connectivity index (χ4v) is 1.85. The van der Waals surface area contributed by atoms with Crippen molar-refractivity contribution in [3.8, 4) is 0 Å². The molecule has 1 N–H and O–H groups in total. The van der Waals surface area contributed by atoms with E-state index in [0.717, 1.165) is 5.56 Å². The van der Waals surface area contributed by atoms with Crippen molar-refractivity contribution in [1.29, 1.82) is 0 Å². The van der Waals surface area contributed by atoms with Crippen LogP contribution in [0.5, 0.6) is 0 Å². The Morgan fingerprint density at radius 3 is 2.53 bits per heavy atom. The van der Waals surface area contributed by atoms with Crippen molar-refractivity contribution in [2.75, 3.05) is 7.05 Å². The predicted molar refractivity (Wildman–Crippen MR) is 67.3 cm³/mol. The van der Waals surface area contributed by atoms with Gasteiger partial charge in [0.05, 0.1) is 0 Å². The van der Waals surface area contributed by atoms with Gasteiger partial charge >= 0.3 is 5.97 Å². The van der Waals surface area contributed by atoms with E-state index >= 15 is 0 Å². The Bertz CT molecular complexity index is 414. The van der Waals surface area contributed by atoms with Crippen molar-refractivity contribution in [3.63, 3.8) is 0 Å². The van der Waals surface area contributed by atoms with E-state index in [1.807, 2.05) is 0 Å². The average molecular weight is 304 g/mol. The lowest BCUT2D eigenvalue weighted by Crippen LogP contribution is -2.47. The minimum Gasteiger partial charge on any atom is -0.480 e. The van der Waals surface area contributed by atoms with Crippen LogP contribution in [0.4, 0.5) is 4.39 Å². The summed E-state index contributed by atoms with van der Waals surface area (Å²) in [7, 11) is 1.70. The van der Waals surface area contributed by atoms with Gasteiger partial charge in [-0.3, -0.25) is 9.69 Å². The van der Waals surface area contributed by atoms with E-state index in [9.17, 15) is 9.18 Å². The summed E-state index contributed by atoms with van der Waals surface area (Å²) in [5.74, 6) is -1.24. The monoisotopic (exact) mass is 303 g/mol. The Morgan fingerprint density at radius 1 is 1.47 bits per heavy atom. The number of hydrogen-bond acceptors (Lipinski definition) is 2. The molecular weight excluding hydrogens is 289 g/mol. The summed E-state index contributed by atoms with van der Waals surface area (Å²) in [6.07, 6.45) is 0. The molecule has 94 valence electrons. The molecular formula is C12H15BrFNO2. The van der Waals surface area contributed by atoms with Gasteiger partial charge in [0.1, 0.15) is 11.4 Å². The molecule has 0 saturated carbocycles. The van der Waals surface area contributed by atoms with Crippen LogP contribution in [-0.4, -0.2) is 28.6 Å². The van der Waals surface area contributed by atoms with Gasteiger partial charge in [-0.25, -0.2) is 4.39 Å². The SMILES string of the molecule is CN(Cc1cc(F)cc(Br)c1)C(C)(C)C(=O)O. The molecule has 0 bridgehead atoms. The van der Waals surface area contributed by atoms with Gasteiger partial charge < -0.3 is 5.11 Å². The summed E-state index contributed by atoms with van der Waals surface area (Å²) in [5, 5.41) is 9.07. The number of hydrogen-bond donors (Lipinski definition) is 1. The summed E-state index contributed by atoms with van der Waals surface area (Å²) in [5.41, 5.74) is -0.257. The van der Waals surface area contributed by atoms with Crippen LogP contribution < -0.4 is 0 Å². The number of likely N-dealkylation sites (N-methyl/N-ethyl adjacent to an activating group) is 1. The molecule has 0 aliphatic carbocycles. The van der Waals surface area contributed by atoms with E-state index in [-0.39, 0.29) is 5.82 Å².